The maximum absolute atomic E-state index is 12.7. The SMILES string of the molecule is CCOc1ccc(CN2C(=O)CCC2(C)C(=O)NC(C)CC)cc1. The summed E-state index contributed by atoms with van der Waals surface area (Å²) in [7, 11) is 0. The summed E-state index contributed by atoms with van der Waals surface area (Å²) >= 11 is 0. The monoisotopic (exact) mass is 332 g/mol. The summed E-state index contributed by atoms with van der Waals surface area (Å²) in [6.45, 7) is 8.88. The van der Waals surface area contributed by atoms with E-state index in [0.29, 0.717) is 26.0 Å². The quantitative estimate of drug-likeness (QED) is 0.835. The van der Waals surface area contributed by atoms with Gasteiger partial charge < -0.3 is 15.0 Å². The van der Waals surface area contributed by atoms with Crippen molar-refractivity contribution in [3.05, 3.63) is 29.8 Å². The van der Waals surface area contributed by atoms with Gasteiger partial charge in [-0.15, -0.1) is 0 Å². The van der Waals surface area contributed by atoms with Crippen LogP contribution in [0.15, 0.2) is 24.3 Å². The highest BCUT2D eigenvalue weighted by Gasteiger charge is 2.47. The summed E-state index contributed by atoms with van der Waals surface area (Å²) in [4.78, 5) is 26.8. The second kappa shape index (κ2) is 7.69. The molecule has 132 valence electrons. The third-order valence-corrected chi connectivity index (χ3v) is 4.78. The van der Waals surface area contributed by atoms with Crippen LogP contribution < -0.4 is 10.1 Å². The van der Waals surface area contributed by atoms with E-state index in [-0.39, 0.29) is 17.9 Å². The Kier molecular flexibility index (Phi) is 5.86. The summed E-state index contributed by atoms with van der Waals surface area (Å²) in [6, 6.07) is 7.80. The third-order valence-electron chi connectivity index (χ3n) is 4.78. The highest BCUT2D eigenvalue weighted by molar-refractivity contribution is 5.94. The van der Waals surface area contributed by atoms with Crippen molar-refractivity contribution in [1.82, 2.24) is 10.2 Å². The van der Waals surface area contributed by atoms with Gasteiger partial charge in [0.2, 0.25) is 11.8 Å². The zero-order valence-corrected chi connectivity index (χ0v) is 15.1. The molecule has 0 bridgehead atoms. The fourth-order valence-electron chi connectivity index (χ4n) is 2.92. The van der Waals surface area contributed by atoms with Crippen molar-refractivity contribution in [2.45, 2.75) is 65.1 Å². The molecular formula is C19H28N2O3. The van der Waals surface area contributed by atoms with Crippen LogP contribution in [0.4, 0.5) is 0 Å². The molecule has 5 nitrogen and oxygen atoms in total. The average molecular weight is 332 g/mol. The minimum Gasteiger partial charge on any atom is -0.494 e. The van der Waals surface area contributed by atoms with Gasteiger partial charge in [-0.25, -0.2) is 0 Å². The number of amides is 2. The van der Waals surface area contributed by atoms with Crippen LogP contribution in [0.3, 0.4) is 0 Å². The van der Waals surface area contributed by atoms with Crippen molar-refractivity contribution in [3.8, 4) is 5.75 Å². The molecule has 5 heteroatoms. The van der Waals surface area contributed by atoms with E-state index in [2.05, 4.69) is 5.32 Å². The molecule has 1 saturated heterocycles. The minimum atomic E-state index is -0.779. The van der Waals surface area contributed by atoms with Gasteiger partial charge in [0.15, 0.2) is 0 Å². The zero-order chi connectivity index (χ0) is 17.7. The van der Waals surface area contributed by atoms with Crippen LogP contribution in [-0.4, -0.2) is 34.9 Å². The number of carbonyl (C=O) groups is 2. The topological polar surface area (TPSA) is 58.6 Å². The van der Waals surface area contributed by atoms with Gasteiger partial charge in [0, 0.05) is 19.0 Å². The Hall–Kier alpha value is -2.04. The van der Waals surface area contributed by atoms with E-state index in [1.54, 1.807) is 4.90 Å². The van der Waals surface area contributed by atoms with Gasteiger partial charge in [0.05, 0.1) is 6.61 Å². The third kappa shape index (κ3) is 3.89. The second-order valence-corrected chi connectivity index (χ2v) is 6.61. The number of nitrogens with zero attached hydrogens (tertiary/aromatic N) is 1. The van der Waals surface area contributed by atoms with Crippen LogP contribution in [0.5, 0.6) is 5.75 Å². The number of hydrogen-bond donors (Lipinski definition) is 1. The largest absolute Gasteiger partial charge is 0.494 e. The Morgan fingerprint density at radius 1 is 1.33 bits per heavy atom. The summed E-state index contributed by atoms with van der Waals surface area (Å²) in [5.41, 5.74) is 0.218. The molecular weight excluding hydrogens is 304 g/mol. The van der Waals surface area contributed by atoms with Crippen LogP contribution in [0.25, 0.3) is 0 Å². The number of hydrogen-bond acceptors (Lipinski definition) is 3. The molecule has 0 aliphatic carbocycles. The minimum absolute atomic E-state index is 0.0330. The molecule has 1 heterocycles. The van der Waals surface area contributed by atoms with Crippen LogP contribution in [0.1, 0.15) is 52.5 Å². The first kappa shape index (κ1) is 18.3. The standard InChI is InChI=1S/C19H28N2O3/c1-5-14(3)20-18(23)19(4)12-11-17(22)21(19)13-15-7-9-16(10-8-15)24-6-2/h7-10,14H,5-6,11-13H2,1-4H3,(H,20,23). The van der Waals surface area contributed by atoms with Gasteiger partial charge in [-0.2, -0.15) is 0 Å². The number of carbonyl (C=O) groups excluding carboxylic acids is 2. The molecule has 0 aromatic heterocycles. The van der Waals surface area contributed by atoms with Gasteiger partial charge in [-0.05, 0) is 51.3 Å². The van der Waals surface area contributed by atoms with E-state index in [1.807, 2.05) is 52.0 Å². The first-order valence-electron chi connectivity index (χ1n) is 8.74. The van der Waals surface area contributed by atoms with E-state index < -0.39 is 5.54 Å². The Morgan fingerprint density at radius 2 is 2.00 bits per heavy atom. The fourth-order valence-corrected chi connectivity index (χ4v) is 2.92. The van der Waals surface area contributed by atoms with E-state index in [4.69, 9.17) is 4.74 Å². The average Bonchev–Trinajstić information content (AvgIpc) is 2.86. The van der Waals surface area contributed by atoms with Gasteiger partial charge in [0.25, 0.3) is 0 Å². The van der Waals surface area contributed by atoms with Crippen molar-refractivity contribution in [3.63, 3.8) is 0 Å². The van der Waals surface area contributed by atoms with Crippen molar-refractivity contribution in [2.75, 3.05) is 6.61 Å². The Balaban J connectivity index is 2.13. The number of benzene rings is 1. The zero-order valence-electron chi connectivity index (χ0n) is 15.1. The molecule has 0 radical (unpaired) electrons. The smallest absolute Gasteiger partial charge is 0.245 e. The van der Waals surface area contributed by atoms with Gasteiger partial charge >= 0.3 is 0 Å². The summed E-state index contributed by atoms with van der Waals surface area (Å²) in [6.07, 6.45) is 1.85. The Bertz CT molecular complexity index is 585. The van der Waals surface area contributed by atoms with Gasteiger partial charge in [-0.1, -0.05) is 19.1 Å². The lowest BCUT2D eigenvalue weighted by molar-refractivity contribution is -0.141. The Labute approximate surface area is 144 Å². The number of nitrogens with one attached hydrogen (secondary N) is 1. The van der Waals surface area contributed by atoms with E-state index in [9.17, 15) is 9.59 Å². The predicted molar refractivity (Wildman–Crippen MR) is 93.7 cm³/mol. The molecule has 24 heavy (non-hydrogen) atoms. The maximum atomic E-state index is 12.7. The van der Waals surface area contributed by atoms with Crippen LogP contribution in [-0.2, 0) is 16.1 Å². The molecule has 0 saturated carbocycles. The van der Waals surface area contributed by atoms with E-state index in [0.717, 1.165) is 17.7 Å². The number of rotatable bonds is 7. The summed E-state index contributed by atoms with van der Waals surface area (Å²) in [5, 5.41) is 3.02. The van der Waals surface area contributed by atoms with E-state index in [1.165, 1.54) is 0 Å². The van der Waals surface area contributed by atoms with Crippen LogP contribution in [0, 0.1) is 0 Å². The van der Waals surface area contributed by atoms with Crippen molar-refractivity contribution >= 4 is 11.8 Å². The normalized spacial score (nSPS) is 21.7. The first-order valence-corrected chi connectivity index (χ1v) is 8.74. The molecule has 2 rings (SSSR count). The van der Waals surface area contributed by atoms with Gasteiger partial charge in [-0.3, -0.25) is 9.59 Å². The van der Waals surface area contributed by atoms with Crippen molar-refractivity contribution < 1.29 is 14.3 Å². The molecule has 0 spiro atoms. The van der Waals surface area contributed by atoms with Crippen molar-refractivity contribution in [1.29, 1.82) is 0 Å². The molecule has 1 aromatic carbocycles. The fraction of sp³-hybridized carbons (Fsp3) is 0.579. The highest BCUT2D eigenvalue weighted by atomic mass is 16.5. The maximum Gasteiger partial charge on any atom is 0.245 e. The predicted octanol–water partition coefficient (Wildman–Crippen LogP) is 2.88. The van der Waals surface area contributed by atoms with Gasteiger partial charge in [0.1, 0.15) is 11.3 Å². The lowest BCUT2D eigenvalue weighted by Gasteiger charge is -2.35. The lowest BCUT2D eigenvalue weighted by Crippen LogP contribution is -2.55. The number of ether oxygens (including phenoxy) is 1. The molecule has 2 unspecified atom stereocenters. The molecule has 1 aliphatic heterocycles. The molecule has 1 fully saturated rings. The first-order chi connectivity index (χ1) is 11.4. The number of likely N-dealkylation sites (tertiary alicyclic amines) is 1. The summed E-state index contributed by atoms with van der Waals surface area (Å²) in [5.74, 6) is 0.783. The van der Waals surface area contributed by atoms with Crippen LogP contribution >= 0.6 is 0 Å². The second-order valence-electron chi connectivity index (χ2n) is 6.61. The van der Waals surface area contributed by atoms with Crippen molar-refractivity contribution in [2.24, 2.45) is 0 Å². The van der Waals surface area contributed by atoms with Crippen LogP contribution in [0.2, 0.25) is 0 Å². The Morgan fingerprint density at radius 3 is 2.58 bits per heavy atom. The molecule has 1 aliphatic rings. The molecule has 1 aromatic rings. The summed E-state index contributed by atoms with van der Waals surface area (Å²) < 4.78 is 5.44. The highest BCUT2D eigenvalue weighted by Crippen LogP contribution is 2.32. The van der Waals surface area contributed by atoms with E-state index >= 15 is 0 Å². The lowest BCUT2D eigenvalue weighted by atomic mass is 9.96. The molecule has 2 atom stereocenters. The molecule has 2 amide bonds. The molecule has 1 N–H and O–H groups in total.